The molecule has 0 aliphatic heterocycles. The van der Waals surface area contributed by atoms with E-state index in [0.717, 1.165) is 4.68 Å². The molecule has 1 aromatic carbocycles. The third kappa shape index (κ3) is 2.92. The van der Waals surface area contributed by atoms with Crippen molar-refractivity contribution in [3.63, 3.8) is 0 Å². The van der Waals surface area contributed by atoms with Crippen molar-refractivity contribution < 1.29 is 9.59 Å². The molecule has 0 atom stereocenters. The van der Waals surface area contributed by atoms with Gasteiger partial charge in [-0.25, -0.2) is 4.68 Å². The highest BCUT2D eigenvalue weighted by Gasteiger charge is 2.15. The summed E-state index contributed by atoms with van der Waals surface area (Å²) in [6.45, 7) is 0. The third-order valence-electron chi connectivity index (χ3n) is 2.15. The summed E-state index contributed by atoms with van der Waals surface area (Å²) in [5.41, 5.74) is 2.78. The van der Waals surface area contributed by atoms with E-state index in [1.165, 1.54) is 24.8 Å². The van der Waals surface area contributed by atoms with Gasteiger partial charge in [0.2, 0.25) is 0 Å². The van der Waals surface area contributed by atoms with E-state index in [1.807, 2.05) is 6.07 Å². The molecule has 8 heteroatoms. The first-order valence-electron chi connectivity index (χ1n) is 5.17. The monoisotopic (exact) mass is 256 g/mol. The molecule has 0 aliphatic carbocycles. The number of aromatic nitrogens is 3. The van der Waals surface area contributed by atoms with Crippen LogP contribution in [-0.4, -0.2) is 26.7 Å². The molecule has 2 N–H and O–H groups in total. The first kappa shape index (κ1) is 12.3. The van der Waals surface area contributed by atoms with Crippen LogP contribution in [0.4, 0.5) is 5.69 Å². The Bertz CT molecular complexity index is 643. The van der Waals surface area contributed by atoms with Crippen molar-refractivity contribution in [2.75, 3.05) is 10.7 Å². The molecular weight excluding hydrogens is 248 g/mol. The lowest BCUT2D eigenvalue weighted by Crippen LogP contribution is -2.33. The fourth-order valence-electron chi connectivity index (χ4n) is 1.30. The van der Waals surface area contributed by atoms with Crippen molar-refractivity contribution in [1.29, 1.82) is 5.26 Å². The van der Waals surface area contributed by atoms with Gasteiger partial charge in [-0.3, -0.25) is 15.0 Å². The number of benzene rings is 1. The van der Waals surface area contributed by atoms with Crippen LogP contribution in [0.3, 0.4) is 0 Å². The molecule has 0 fully saturated rings. The summed E-state index contributed by atoms with van der Waals surface area (Å²) in [5.74, 6) is -1.79. The molecule has 8 nitrogen and oxygen atoms in total. The zero-order chi connectivity index (χ0) is 13.7. The SMILES string of the molecule is N#Cc1ccccc1NC(=O)C(=O)Nn1cnnc1. The van der Waals surface area contributed by atoms with Gasteiger partial charge in [0.25, 0.3) is 0 Å². The fourth-order valence-corrected chi connectivity index (χ4v) is 1.30. The molecule has 1 aromatic heterocycles. The van der Waals surface area contributed by atoms with Crippen LogP contribution < -0.4 is 10.7 Å². The van der Waals surface area contributed by atoms with Crippen LogP contribution in [0, 0.1) is 11.3 Å². The van der Waals surface area contributed by atoms with Crippen molar-refractivity contribution >= 4 is 17.5 Å². The molecule has 2 rings (SSSR count). The topological polar surface area (TPSA) is 113 Å². The summed E-state index contributed by atoms with van der Waals surface area (Å²) in [6.07, 6.45) is 2.46. The van der Waals surface area contributed by atoms with Crippen molar-refractivity contribution in [1.82, 2.24) is 14.9 Å². The second kappa shape index (κ2) is 5.42. The van der Waals surface area contributed by atoms with E-state index in [-0.39, 0.29) is 11.3 Å². The number of carbonyl (C=O) groups is 2. The van der Waals surface area contributed by atoms with E-state index in [0.29, 0.717) is 0 Å². The molecule has 0 radical (unpaired) electrons. The first-order chi connectivity index (χ1) is 9.20. The van der Waals surface area contributed by atoms with Crippen LogP contribution in [0.15, 0.2) is 36.9 Å². The highest BCUT2D eigenvalue weighted by atomic mass is 16.2. The Morgan fingerprint density at radius 2 is 1.84 bits per heavy atom. The molecule has 2 amide bonds. The van der Waals surface area contributed by atoms with Gasteiger partial charge in [-0.05, 0) is 12.1 Å². The number of nitriles is 1. The average Bonchev–Trinajstić information content (AvgIpc) is 2.92. The van der Waals surface area contributed by atoms with Crippen LogP contribution >= 0.6 is 0 Å². The van der Waals surface area contributed by atoms with Crippen LogP contribution in [0.25, 0.3) is 0 Å². The smallest absolute Gasteiger partial charge is 0.316 e. The minimum Gasteiger partial charge on any atom is -0.316 e. The fraction of sp³-hybridized carbons (Fsp3) is 0. The third-order valence-corrected chi connectivity index (χ3v) is 2.15. The van der Waals surface area contributed by atoms with Crippen LogP contribution in [0.1, 0.15) is 5.56 Å². The van der Waals surface area contributed by atoms with Crippen LogP contribution in [-0.2, 0) is 9.59 Å². The highest BCUT2D eigenvalue weighted by molar-refractivity contribution is 6.42. The van der Waals surface area contributed by atoms with Gasteiger partial charge in [0, 0.05) is 0 Å². The quantitative estimate of drug-likeness (QED) is 0.726. The van der Waals surface area contributed by atoms with Gasteiger partial charge in [-0.2, -0.15) is 5.26 Å². The van der Waals surface area contributed by atoms with Crippen LogP contribution in [0.2, 0.25) is 0 Å². The number of anilines is 1. The summed E-state index contributed by atoms with van der Waals surface area (Å²) in [7, 11) is 0. The Kier molecular flexibility index (Phi) is 3.49. The number of hydrogen-bond donors (Lipinski definition) is 2. The lowest BCUT2D eigenvalue weighted by Gasteiger charge is -2.07. The van der Waals surface area contributed by atoms with Gasteiger partial charge in [0.1, 0.15) is 18.7 Å². The zero-order valence-electron chi connectivity index (χ0n) is 9.57. The van der Waals surface area contributed by atoms with Gasteiger partial charge in [-0.1, -0.05) is 12.1 Å². The summed E-state index contributed by atoms with van der Waals surface area (Å²) >= 11 is 0. The molecule has 0 saturated carbocycles. The molecule has 0 aliphatic rings. The molecule has 0 saturated heterocycles. The van der Waals surface area contributed by atoms with Crippen molar-refractivity contribution in [3.05, 3.63) is 42.5 Å². The second-order valence-electron chi connectivity index (χ2n) is 3.42. The Labute approximate surface area is 107 Å². The number of carbonyl (C=O) groups excluding carboxylic acids is 2. The largest absolute Gasteiger partial charge is 0.328 e. The van der Waals surface area contributed by atoms with Crippen LogP contribution in [0.5, 0.6) is 0 Å². The number of para-hydroxylation sites is 1. The number of hydrogen-bond acceptors (Lipinski definition) is 5. The number of nitrogens with one attached hydrogen (secondary N) is 2. The minimum absolute atomic E-state index is 0.271. The Balaban J connectivity index is 2.05. The van der Waals surface area contributed by atoms with E-state index < -0.39 is 11.8 Å². The molecular formula is C11H8N6O2. The summed E-state index contributed by atoms with van der Waals surface area (Å²) < 4.78 is 1.14. The van der Waals surface area contributed by atoms with Gasteiger partial charge in [-0.15, -0.1) is 10.2 Å². The van der Waals surface area contributed by atoms with E-state index in [1.54, 1.807) is 12.1 Å². The Morgan fingerprint density at radius 3 is 2.53 bits per heavy atom. The summed E-state index contributed by atoms with van der Waals surface area (Å²) in [6, 6.07) is 8.28. The summed E-state index contributed by atoms with van der Waals surface area (Å²) in [5, 5.41) is 18.1. The molecule has 19 heavy (non-hydrogen) atoms. The highest BCUT2D eigenvalue weighted by Crippen LogP contribution is 2.13. The minimum atomic E-state index is -0.896. The van der Waals surface area contributed by atoms with E-state index in [9.17, 15) is 9.59 Å². The number of rotatable bonds is 2. The molecule has 0 spiro atoms. The predicted octanol–water partition coefficient (Wildman–Crippen LogP) is -0.141. The molecule has 0 bridgehead atoms. The van der Waals surface area contributed by atoms with Crippen molar-refractivity contribution in [2.45, 2.75) is 0 Å². The molecule has 0 unspecified atom stereocenters. The molecule has 1 heterocycles. The average molecular weight is 256 g/mol. The van der Waals surface area contributed by atoms with E-state index in [4.69, 9.17) is 5.26 Å². The predicted molar refractivity (Wildman–Crippen MR) is 64.2 cm³/mol. The Hall–Kier alpha value is -3.21. The lowest BCUT2D eigenvalue weighted by molar-refractivity contribution is -0.133. The second-order valence-corrected chi connectivity index (χ2v) is 3.42. The van der Waals surface area contributed by atoms with Gasteiger partial charge >= 0.3 is 11.8 Å². The van der Waals surface area contributed by atoms with Gasteiger partial charge < -0.3 is 5.32 Å². The maximum absolute atomic E-state index is 11.6. The zero-order valence-corrected chi connectivity index (χ0v) is 9.57. The molecule has 94 valence electrons. The Morgan fingerprint density at radius 1 is 1.16 bits per heavy atom. The normalized spacial score (nSPS) is 9.42. The number of nitrogens with zero attached hydrogens (tertiary/aromatic N) is 4. The maximum atomic E-state index is 11.6. The number of amides is 2. The molecule has 2 aromatic rings. The summed E-state index contributed by atoms with van der Waals surface area (Å²) in [4.78, 5) is 23.2. The standard InChI is InChI=1S/C11H8N6O2/c12-5-8-3-1-2-4-9(8)15-10(18)11(19)16-17-6-13-14-7-17/h1-4,6-7H,(H,15,18)(H,16,19). The first-order valence-corrected chi connectivity index (χ1v) is 5.17. The van der Waals surface area contributed by atoms with E-state index >= 15 is 0 Å². The van der Waals surface area contributed by atoms with E-state index in [2.05, 4.69) is 20.9 Å². The van der Waals surface area contributed by atoms with Crippen molar-refractivity contribution in [2.24, 2.45) is 0 Å². The lowest BCUT2D eigenvalue weighted by atomic mass is 10.2. The van der Waals surface area contributed by atoms with Gasteiger partial charge in [0.05, 0.1) is 11.3 Å². The van der Waals surface area contributed by atoms with Crippen molar-refractivity contribution in [3.8, 4) is 6.07 Å². The van der Waals surface area contributed by atoms with Gasteiger partial charge in [0.15, 0.2) is 0 Å². The maximum Gasteiger partial charge on any atom is 0.328 e.